The van der Waals surface area contributed by atoms with Crippen LogP contribution in [0.25, 0.3) is 0 Å². The monoisotopic (exact) mass is 650 g/mol. The van der Waals surface area contributed by atoms with Gasteiger partial charge >= 0.3 is 23.9 Å². The van der Waals surface area contributed by atoms with Crippen molar-refractivity contribution in [2.45, 2.75) is 37.1 Å². The quantitative estimate of drug-likeness (QED) is 0.0755. The third-order valence-electron chi connectivity index (χ3n) is 7.34. The maximum absolute atomic E-state index is 13.6. The largest absolute Gasteiger partial charge is 0.459 e. The van der Waals surface area contributed by atoms with Crippen LogP contribution in [0.1, 0.15) is 47.9 Å². The van der Waals surface area contributed by atoms with Crippen molar-refractivity contribution in [3.8, 4) is 0 Å². The Morgan fingerprint density at radius 1 is 0.562 bits per heavy atom. The van der Waals surface area contributed by atoms with E-state index in [4.69, 9.17) is 28.4 Å². The smallest absolute Gasteiger partial charge is 0.338 e. The van der Waals surface area contributed by atoms with Crippen LogP contribution in [-0.4, -0.2) is 67.8 Å². The van der Waals surface area contributed by atoms with Crippen molar-refractivity contribution in [3.05, 3.63) is 156 Å². The summed E-state index contributed by atoms with van der Waals surface area (Å²) >= 11 is 0. The summed E-state index contributed by atoms with van der Waals surface area (Å²) in [5.74, 6) is -2.98. The van der Waals surface area contributed by atoms with Crippen LogP contribution >= 0.6 is 0 Å². The number of carbonyl (C=O) groups excluding carboxylic acids is 4. The zero-order valence-corrected chi connectivity index (χ0v) is 25.9. The Labute approximate surface area is 277 Å². The normalized spacial score (nSPS) is 20.1. The average molecular weight is 651 g/mol. The molecule has 2 unspecified atom stereocenters. The maximum Gasteiger partial charge on any atom is 0.338 e. The molecule has 10 heteroatoms. The molecule has 0 aromatic heterocycles. The van der Waals surface area contributed by atoms with E-state index in [9.17, 15) is 19.2 Å². The molecule has 1 aliphatic heterocycles. The molecule has 1 heterocycles. The Morgan fingerprint density at radius 2 is 0.958 bits per heavy atom. The van der Waals surface area contributed by atoms with Gasteiger partial charge in [0.1, 0.15) is 12.7 Å². The maximum atomic E-state index is 13.6. The summed E-state index contributed by atoms with van der Waals surface area (Å²) < 4.78 is 35.8. The van der Waals surface area contributed by atoms with Crippen LogP contribution in [0, 0.1) is 0 Å². The first-order valence-electron chi connectivity index (χ1n) is 15.3. The van der Waals surface area contributed by atoms with Gasteiger partial charge in [0, 0.05) is 0 Å². The molecule has 1 fully saturated rings. The minimum atomic E-state index is -1.47. The number of carbonyl (C=O) groups is 4. The average Bonchev–Trinajstić information content (AvgIpc) is 3.14. The van der Waals surface area contributed by atoms with Crippen LogP contribution in [0.5, 0.6) is 0 Å². The summed E-state index contributed by atoms with van der Waals surface area (Å²) in [7, 11) is 0. The van der Waals surface area contributed by atoms with Gasteiger partial charge in [-0.2, -0.15) is 0 Å². The third-order valence-corrected chi connectivity index (χ3v) is 7.34. The van der Waals surface area contributed by atoms with E-state index in [0.29, 0.717) is 6.42 Å². The van der Waals surface area contributed by atoms with E-state index in [2.05, 4.69) is 6.58 Å². The molecule has 1 aliphatic rings. The fraction of sp³-hybridized carbons (Fsp3) is 0.211. The molecular formula is C38H34O10. The van der Waals surface area contributed by atoms with E-state index < -0.39 is 61.2 Å². The zero-order chi connectivity index (χ0) is 33.7. The Morgan fingerprint density at radius 3 is 1.40 bits per heavy atom. The van der Waals surface area contributed by atoms with Gasteiger partial charge in [0.15, 0.2) is 24.6 Å². The predicted octanol–water partition coefficient (Wildman–Crippen LogP) is 5.84. The fourth-order valence-corrected chi connectivity index (χ4v) is 4.93. The van der Waals surface area contributed by atoms with Crippen molar-refractivity contribution in [2.24, 2.45) is 0 Å². The number of hydrogen-bond acceptors (Lipinski definition) is 10. The van der Waals surface area contributed by atoms with Gasteiger partial charge in [0.25, 0.3) is 0 Å². The summed E-state index contributed by atoms with van der Waals surface area (Å²) in [6.07, 6.45) is -4.84. The molecule has 5 atom stereocenters. The van der Waals surface area contributed by atoms with Crippen LogP contribution in [-0.2, 0) is 28.4 Å². The Bertz CT molecular complexity index is 1660. The van der Waals surface area contributed by atoms with Crippen molar-refractivity contribution in [2.75, 3.05) is 13.2 Å². The summed E-state index contributed by atoms with van der Waals surface area (Å²) in [5, 5.41) is 0. The number of benzene rings is 4. The lowest BCUT2D eigenvalue weighted by Crippen LogP contribution is -2.63. The van der Waals surface area contributed by atoms with Crippen LogP contribution in [0.15, 0.2) is 134 Å². The van der Waals surface area contributed by atoms with E-state index >= 15 is 0 Å². The molecule has 4 aromatic rings. The Balaban J connectivity index is 1.53. The SMILES string of the molecule is C=CCCO[C@H]1OC(COC(=O)c2ccccc2)[C@@H](OC(=O)c2ccccc2)[C@@H](OC(=O)c2ccccc2)C1OC(=O)c1ccccc1. The van der Waals surface area contributed by atoms with Crippen LogP contribution in [0.4, 0.5) is 0 Å². The number of esters is 4. The lowest BCUT2D eigenvalue weighted by atomic mass is 9.97. The molecule has 10 nitrogen and oxygen atoms in total. The zero-order valence-electron chi connectivity index (χ0n) is 25.9. The molecule has 5 rings (SSSR count). The van der Waals surface area contributed by atoms with E-state index in [1.165, 1.54) is 0 Å². The molecule has 4 aromatic carbocycles. The van der Waals surface area contributed by atoms with Gasteiger partial charge in [-0.25, -0.2) is 19.2 Å². The highest BCUT2D eigenvalue weighted by molar-refractivity contribution is 5.91. The second-order valence-corrected chi connectivity index (χ2v) is 10.7. The molecular weight excluding hydrogens is 616 g/mol. The summed E-state index contributed by atoms with van der Waals surface area (Å²) in [6, 6.07) is 32.8. The highest BCUT2D eigenvalue weighted by atomic mass is 16.7. The highest BCUT2D eigenvalue weighted by Crippen LogP contribution is 2.32. The first kappa shape index (κ1) is 33.8. The van der Waals surface area contributed by atoms with Gasteiger partial charge in [-0.05, 0) is 55.0 Å². The lowest BCUT2D eigenvalue weighted by molar-refractivity contribution is -0.298. The summed E-state index contributed by atoms with van der Waals surface area (Å²) in [6.45, 7) is 3.38. The first-order chi connectivity index (χ1) is 23.4. The van der Waals surface area contributed by atoms with Gasteiger partial charge in [-0.15, -0.1) is 6.58 Å². The van der Waals surface area contributed by atoms with Crippen molar-refractivity contribution < 1.29 is 47.6 Å². The fourth-order valence-electron chi connectivity index (χ4n) is 4.93. The lowest BCUT2D eigenvalue weighted by Gasteiger charge is -2.44. The molecule has 0 amide bonds. The topological polar surface area (TPSA) is 124 Å². The van der Waals surface area contributed by atoms with Gasteiger partial charge in [0.05, 0.1) is 28.9 Å². The van der Waals surface area contributed by atoms with Gasteiger partial charge < -0.3 is 28.4 Å². The van der Waals surface area contributed by atoms with Gasteiger partial charge in [0.2, 0.25) is 0 Å². The van der Waals surface area contributed by atoms with E-state index in [0.717, 1.165) is 0 Å². The summed E-state index contributed by atoms with van der Waals surface area (Å²) in [4.78, 5) is 53.4. The van der Waals surface area contributed by atoms with E-state index in [-0.39, 0.29) is 28.9 Å². The second kappa shape index (κ2) is 16.8. The van der Waals surface area contributed by atoms with Crippen LogP contribution in [0.3, 0.4) is 0 Å². The van der Waals surface area contributed by atoms with Gasteiger partial charge in [-0.3, -0.25) is 0 Å². The molecule has 0 N–H and O–H groups in total. The van der Waals surface area contributed by atoms with Gasteiger partial charge in [-0.1, -0.05) is 78.9 Å². The second-order valence-electron chi connectivity index (χ2n) is 10.7. The van der Waals surface area contributed by atoms with Crippen LogP contribution < -0.4 is 0 Å². The van der Waals surface area contributed by atoms with Crippen molar-refractivity contribution in [1.29, 1.82) is 0 Å². The summed E-state index contributed by atoms with van der Waals surface area (Å²) in [5.41, 5.74) is 0.896. The molecule has 0 saturated carbocycles. The molecule has 0 radical (unpaired) electrons. The Hall–Kier alpha value is -5.58. The minimum Gasteiger partial charge on any atom is -0.459 e. The molecule has 0 bridgehead atoms. The number of hydrogen-bond donors (Lipinski definition) is 0. The number of rotatable bonds is 13. The van der Waals surface area contributed by atoms with Crippen molar-refractivity contribution >= 4 is 23.9 Å². The molecule has 48 heavy (non-hydrogen) atoms. The molecule has 0 spiro atoms. The molecule has 246 valence electrons. The third kappa shape index (κ3) is 8.81. The van der Waals surface area contributed by atoms with E-state index in [1.54, 1.807) is 127 Å². The van der Waals surface area contributed by atoms with Crippen molar-refractivity contribution in [1.82, 2.24) is 0 Å². The Kier molecular flexibility index (Phi) is 11.8. The predicted molar refractivity (Wildman–Crippen MR) is 173 cm³/mol. The molecule has 0 aliphatic carbocycles. The first-order valence-corrected chi connectivity index (χ1v) is 15.3. The van der Waals surface area contributed by atoms with Crippen LogP contribution in [0.2, 0.25) is 0 Å². The van der Waals surface area contributed by atoms with E-state index in [1.807, 2.05) is 0 Å². The standard InChI is InChI=1S/C38H34O10/c1-2-3-24-43-38-33(48-37(42)29-22-14-7-15-23-29)32(47-36(41)28-20-12-6-13-21-28)31(46-35(40)27-18-10-5-11-19-27)30(45-38)25-44-34(39)26-16-8-4-9-17-26/h2,4-23,30-33,38H,1,3,24-25H2/t30?,31-,32-,33?,38+/m1/s1. The highest BCUT2D eigenvalue weighted by Gasteiger charge is 2.53. The van der Waals surface area contributed by atoms with Crippen molar-refractivity contribution in [3.63, 3.8) is 0 Å². The minimum absolute atomic E-state index is 0.0951. The molecule has 1 saturated heterocycles. The number of ether oxygens (including phenoxy) is 6.